The van der Waals surface area contributed by atoms with Crippen molar-refractivity contribution in [1.82, 2.24) is 9.97 Å². The quantitative estimate of drug-likeness (QED) is 0.657. The van der Waals surface area contributed by atoms with Gasteiger partial charge in [-0.05, 0) is 18.9 Å². The molecule has 0 aliphatic carbocycles. The molecule has 0 amide bonds. The first-order chi connectivity index (χ1) is 7.83. The van der Waals surface area contributed by atoms with Gasteiger partial charge in [-0.3, -0.25) is 0 Å². The van der Waals surface area contributed by atoms with Gasteiger partial charge in [0.2, 0.25) is 5.95 Å². The number of rotatable bonds is 8. The van der Waals surface area contributed by atoms with E-state index >= 15 is 0 Å². The van der Waals surface area contributed by atoms with E-state index in [1.54, 1.807) is 12.3 Å². The Kier molecular flexibility index (Phi) is 6.25. The summed E-state index contributed by atoms with van der Waals surface area (Å²) in [5.41, 5.74) is 5.46. The van der Waals surface area contributed by atoms with Crippen LogP contribution in [0, 0.1) is 0 Å². The monoisotopic (exact) mass is 224 g/mol. The van der Waals surface area contributed by atoms with Gasteiger partial charge in [0.1, 0.15) is 5.82 Å². The summed E-state index contributed by atoms with van der Waals surface area (Å²) in [7, 11) is 0. The van der Waals surface area contributed by atoms with E-state index in [2.05, 4.69) is 22.2 Å². The number of nitrogens with zero attached hydrogens (tertiary/aromatic N) is 2. The second kappa shape index (κ2) is 7.87. The molecule has 0 aliphatic heterocycles. The van der Waals surface area contributed by atoms with Crippen LogP contribution in [0.15, 0.2) is 12.3 Å². The minimum Gasteiger partial charge on any atom is -0.381 e. The number of nitrogens with one attached hydrogen (secondary N) is 1. The van der Waals surface area contributed by atoms with Crippen LogP contribution in [-0.4, -0.2) is 29.7 Å². The molecule has 0 aromatic carbocycles. The van der Waals surface area contributed by atoms with Crippen LogP contribution in [0.1, 0.15) is 26.2 Å². The summed E-state index contributed by atoms with van der Waals surface area (Å²) >= 11 is 0. The summed E-state index contributed by atoms with van der Waals surface area (Å²) in [6.45, 7) is 4.64. The Balaban J connectivity index is 2.03. The molecule has 0 saturated carbocycles. The summed E-state index contributed by atoms with van der Waals surface area (Å²) in [5, 5.41) is 3.17. The van der Waals surface area contributed by atoms with Crippen molar-refractivity contribution in [3.8, 4) is 0 Å². The molecule has 0 aliphatic rings. The normalized spacial score (nSPS) is 10.3. The molecule has 0 unspecified atom stereocenters. The molecule has 0 spiro atoms. The Morgan fingerprint density at radius 1 is 1.38 bits per heavy atom. The van der Waals surface area contributed by atoms with Gasteiger partial charge in [-0.25, -0.2) is 4.98 Å². The fraction of sp³-hybridized carbons (Fsp3) is 0.636. The first kappa shape index (κ1) is 12.7. The van der Waals surface area contributed by atoms with Gasteiger partial charge in [-0.1, -0.05) is 13.3 Å². The maximum absolute atomic E-state index is 5.46. The molecule has 5 heteroatoms. The molecule has 0 fully saturated rings. The number of nitrogens with two attached hydrogens (primary N) is 1. The molecule has 0 atom stereocenters. The van der Waals surface area contributed by atoms with Crippen molar-refractivity contribution in [3.63, 3.8) is 0 Å². The highest BCUT2D eigenvalue weighted by molar-refractivity contribution is 5.36. The van der Waals surface area contributed by atoms with E-state index in [1.807, 2.05) is 0 Å². The molecule has 0 saturated heterocycles. The van der Waals surface area contributed by atoms with Gasteiger partial charge in [-0.2, -0.15) is 4.98 Å². The van der Waals surface area contributed by atoms with E-state index in [1.165, 1.54) is 6.42 Å². The van der Waals surface area contributed by atoms with Crippen LogP contribution in [0.2, 0.25) is 0 Å². The van der Waals surface area contributed by atoms with Crippen molar-refractivity contribution in [1.29, 1.82) is 0 Å². The summed E-state index contributed by atoms with van der Waals surface area (Å²) in [4.78, 5) is 7.86. The topological polar surface area (TPSA) is 73.1 Å². The summed E-state index contributed by atoms with van der Waals surface area (Å²) in [6, 6.07) is 1.80. The molecule has 1 aromatic rings. The van der Waals surface area contributed by atoms with E-state index < -0.39 is 0 Å². The van der Waals surface area contributed by atoms with Crippen molar-refractivity contribution in [2.45, 2.75) is 26.2 Å². The van der Waals surface area contributed by atoms with Gasteiger partial charge in [0.25, 0.3) is 0 Å². The highest BCUT2D eigenvalue weighted by Gasteiger charge is 1.94. The lowest BCUT2D eigenvalue weighted by molar-refractivity contribution is 0.131. The lowest BCUT2D eigenvalue weighted by Crippen LogP contribution is -2.08. The third-order valence-electron chi connectivity index (χ3n) is 2.09. The summed E-state index contributed by atoms with van der Waals surface area (Å²) in [6.07, 6.45) is 4.92. The Morgan fingerprint density at radius 3 is 2.94 bits per heavy atom. The van der Waals surface area contributed by atoms with Crippen molar-refractivity contribution in [2.24, 2.45) is 0 Å². The van der Waals surface area contributed by atoms with Crippen molar-refractivity contribution >= 4 is 11.8 Å². The molecule has 1 heterocycles. The predicted octanol–water partition coefficient (Wildman–Crippen LogP) is 1.68. The van der Waals surface area contributed by atoms with Gasteiger partial charge in [-0.15, -0.1) is 0 Å². The lowest BCUT2D eigenvalue weighted by atomic mass is 10.3. The molecular formula is C11H20N4O. The second-order valence-corrected chi connectivity index (χ2v) is 3.55. The largest absolute Gasteiger partial charge is 0.381 e. The number of aromatic nitrogens is 2. The molecule has 1 aromatic heterocycles. The van der Waals surface area contributed by atoms with Crippen LogP contribution in [0.5, 0.6) is 0 Å². The second-order valence-electron chi connectivity index (χ2n) is 3.55. The summed E-state index contributed by atoms with van der Waals surface area (Å²) < 4.78 is 5.44. The van der Waals surface area contributed by atoms with Crippen molar-refractivity contribution in [3.05, 3.63) is 12.3 Å². The van der Waals surface area contributed by atoms with Crippen LogP contribution in [0.4, 0.5) is 11.8 Å². The zero-order valence-corrected chi connectivity index (χ0v) is 9.78. The van der Waals surface area contributed by atoms with Crippen molar-refractivity contribution in [2.75, 3.05) is 30.8 Å². The molecule has 1 rings (SSSR count). The average molecular weight is 224 g/mol. The lowest BCUT2D eigenvalue weighted by Gasteiger charge is -2.06. The first-order valence-corrected chi connectivity index (χ1v) is 5.73. The Bertz CT molecular complexity index is 293. The van der Waals surface area contributed by atoms with Crippen LogP contribution < -0.4 is 11.1 Å². The fourth-order valence-electron chi connectivity index (χ4n) is 1.21. The van der Waals surface area contributed by atoms with Crippen LogP contribution in [-0.2, 0) is 4.74 Å². The highest BCUT2D eigenvalue weighted by Crippen LogP contribution is 2.02. The Morgan fingerprint density at radius 2 is 2.19 bits per heavy atom. The van der Waals surface area contributed by atoms with Crippen LogP contribution in [0.25, 0.3) is 0 Å². The number of anilines is 2. The molecule has 0 bridgehead atoms. The Hall–Kier alpha value is -1.36. The first-order valence-electron chi connectivity index (χ1n) is 5.73. The zero-order chi connectivity index (χ0) is 11.6. The fourth-order valence-corrected chi connectivity index (χ4v) is 1.21. The van der Waals surface area contributed by atoms with E-state index in [0.717, 1.165) is 38.4 Å². The van der Waals surface area contributed by atoms with Gasteiger partial charge >= 0.3 is 0 Å². The predicted molar refractivity (Wildman–Crippen MR) is 65.3 cm³/mol. The third kappa shape index (κ3) is 5.50. The number of unbranched alkanes of at least 4 members (excludes halogenated alkanes) is 1. The smallest absolute Gasteiger partial charge is 0.221 e. The number of hydrogen-bond donors (Lipinski definition) is 2. The van der Waals surface area contributed by atoms with E-state index in [9.17, 15) is 0 Å². The third-order valence-corrected chi connectivity index (χ3v) is 2.09. The maximum Gasteiger partial charge on any atom is 0.221 e. The maximum atomic E-state index is 5.46. The minimum absolute atomic E-state index is 0.296. The van der Waals surface area contributed by atoms with E-state index in [0.29, 0.717) is 5.95 Å². The molecule has 90 valence electrons. The van der Waals surface area contributed by atoms with Gasteiger partial charge in [0, 0.05) is 26.0 Å². The van der Waals surface area contributed by atoms with Crippen LogP contribution >= 0.6 is 0 Å². The Labute approximate surface area is 96.4 Å². The summed E-state index contributed by atoms with van der Waals surface area (Å²) in [5.74, 6) is 1.06. The molecule has 16 heavy (non-hydrogen) atoms. The van der Waals surface area contributed by atoms with Gasteiger partial charge in [0.15, 0.2) is 0 Å². The standard InChI is InChI=1S/C11H20N4O/c1-2-3-8-16-9-4-6-13-10-5-7-14-11(12)15-10/h5,7H,2-4,6,8-9H2,1H3,(H3,12,13,14,15). The average Bonchev–Trinajstić information content (AvgIpc) is 2.28. The molecule has 5 nitrogen and oxygen atoms in total. The van der Waals surface area contributed by atoms with Crippen LogP contribution in [0.3, 0.4) is 0 Å². The SMILES string of the molecule is CCCCOCCCNc1ccnc(N)n1. The van der Waals surface area contributed by atoms with Gasteiger partial charge < -0.3 is 15.8 Å². The number of hydrogen-bond acceptors (Lipinski definition) is 5. The minimum atomic E-state index is 0.296. The van der Waals surface area contributed by atoms with E-state index in [-0.39, 0.29) is 0 Å². The van der Waals surface area contributed by atoms with Gasteiger partial charge in [0.05, 0.1) is 0 Å². The molecule has 0 radical (unpaired) electrons. The number of nitrogen functional groups attached to an aromatic ring is 1. The van der Waals surface area contributed by atoms with Crippen molar-refractivity contribution < 1.29 is 4.74 Å². The number of ether oxygens (including phenoxy) is 1. The highest BCUT2D eigenvalue weighted by atomic mass is 16.5. The molecule has 3 N–H and O–H groups in total. The zero-order valence-electron chi connectivity index (χ0n) is 9.78. The van der Waals surface area contributed by atoms with E-state index in [4.69, 9.17) is 10.5 Å². The molecular weight excluding hydrogens is 204 g/mol.